The fraction of sp³-hybridized carbons (Fsp3) is 0.233. The second-order valence-corrected chi connectivity index (χ2v) is 9.42. The third-order valence-electron chi connectivity index (χ3n) is 7.10. The number of carbonyl (C=O) groups is 1. The van der Waals surface area contributed by atoms with Gasteiger partial charge in [-0.1, -0.05) is 24.3 Å². The van der Waals surface area contributed by atoms with Gasteiger partial charge in [-0.25, -0.2) is 4.68 Å². The highest BCUT2D eigenvalue weighted by molar-refractivity contribution is 6.06. The van der Waals surface area contributed by atoms with Gasteiger partial charge in [-0.15, -0.1) is 5.10 Å². The molecule has 0 bridgehead atoms. The van der Waals surface area contributed by atoms with Gasteiger partial charge in [0.15, 0.2) is 17.3 Å². The summed E-state index contributed by atoms with van der Waals surface area (Å²) in [7, 11) is 0. The molecule has 3 aromatic carbocycles. The van der Waals surface area contributed by atoms with Crippen molar-refractivity contribution in [3.8, 4) is 22.9 Å². The summed E-state index contributed by atoms with van der Waals surface area (Å²) < 4.78 is 13.0. The van der Waals surface area contributed by atoms with Gasteiger partial charge in [0.25, 0.3) is 5.91 Å². The van der Waals surface area contributed by atoms with E-state index < -0.39 is 6.04 Å². The molecule has 1 unspecified atom stereocenters. The van der Waals surface area contributed by atoms with E-state index in [1.165, 1.54) is 0 Å². The fourth-order valence-electron chi connectivity index (χ4n) is 5.09. The Morgan fingerprint density at radius 1 is 1.03 bits per heavy atom. The van der Waals surface area contributed by atoms with Crippen LogP contribution in [0.4, 0.5) is 17.3 Å². The smallest absolute Gasteiger partial charge is 0.255 e. The number of hydrogen-bond donors (Lipinski definition) is 2. The van der Waals surface area contributed by atoms with Gasteiger partial charge >= 0.3 is 0 Å². The topological polar surface area (TPSA) is 93.5 Å². The summed E-state index contributed by atoms with van der Waals surface area (Å²) in [6, 6.07) is 22.8. The van der Waals surface area contributed by atoms with Crippen molar-refractivity contribution in [2.24, 2.45) is 0 Å². The van der Waals surface area contributed by atoms with Crippen LogP contribution >= 0.6 is 0 Å². The number of aromatic nitrogens is 3. The molecule has 0 saturated heterocycles. The Bertz CT molecular complexity index is 1540. The van der Waals surface area contributed by atoms with E-state index in [1.54, 1.807) is 4.68 Å². The molecular formula is C30H30N6O3. The Kier molecular flexibility index (Phi) is 6.40. The number of hydrogen-bond acceptors (Lipinski definition) is 7. The quantitative estimate of drug-likeness (QED) is 0.333. The zero-order valence-corrected chi connectivity index (χ0v) is 22.1. The zero-order valence-electron chi connectivity index (χ0n) is 22.1. The van der Waals surface area contributed by atoms with Crippen LogP contribution in [0.2, 0.25) is 0 Å². The van der Waals surface area contributed by atoms with Crippen LogP contribution in [0, 0.1) is 0 Å². The molecule has 198 valence electrons. The summed E-state index contributed by atoms with van der Waals surface area (Å²) in [5.74, 6) is 2.23. The first-order chi connectivity index (χ1) is 19.1. The molecule has 3 heterocycles. The minimum absolute atomic E-state index is 0.170. The number of rotatable bonds is 7. The minimum atomic E-state index is -0.532. The van der Waals surface area contributed by atoms with Crippen LogP contribution in [0.1, 0.15) is 32.4 Å². The van der Waals surface area contributed by atoms with Gasteiger partial charge in [0.1, 0.15) is 6.04 Å². The number of amides is 1. The highest BCUT2D eigenvalue weighted by atomic mass is 16.7. The fourth-order valence-corrected chi connectivity index (χ4v) is 5.09. The molecule has 6 rings (SSSR count). The monoisotopic (exact) mass is 522 g/mol. The van der Waals surface area contributed by atoms with Crippen molar-refractivity contribution in [2.75, 3.05) is 35.4 Å². The number of fused-ring (bicyclic) bond motifs is 2. The van der Waals surface area contributed by atoms with Crippen LogP contribution in [-0.2, 0) is 4.79 Å². The lowest BCUT2D eigenvalue weighted by atomic mass is 9.94. The van der Waals surface area contributed by atoms with Crippen molar-refractivity contribution in [1.29, 1.82) is 0 Å². The number of allylic oxidation sites excluding steroid dienone is 1. The highest BCUT2D eigenvalue weighted by Crippen LogP contribution is 2.41. The largest absolute Gasteiger partial charge is 0.454 e. The third kappa shape index (κ3) is 4.56. The lowest BCUT2D eigenvalue weighted by molar-refractivity contribution is -0.113. The molecular weight excluding hydrogens is 492 g/mol. The number of anilines is 3. The predicted octanol–water partition coefficient (Wildman–Crippen LogP) is 5.45. The van der Waals surface area contributed by atoms with E-state index in [9.17, 15) is 4.79 Å². The maximum Gasteiger partial charge on any atom is 0.255 e. The van der Waals surface area contributed by atoms with Gasteiger partial charge in [0, 0.05) is 35.7 Å². The summed E-state index contributed by atoms with van der Waals surface area (Å²) in [6.07, 6.45) is 0. The first-order valence-electron chi connectivity index (χ1n) is 13.1. The highest BCUT2D eigenvalue weighted by Gasteiger charge is 2.35. The molecule has 0 aliphatic carbocycles. The molecule has 39 heavy (non-hydrogen) atoms. The van der Waals surface area contributed by atoms with Crippen molar-refractivity contribution in [3.63, 3.8) is 0 Å². The molecule has 0 fully saturated rings. The van der Waals surface area contributed by atoms with Gasteiger partial charge in [0.2, 0.25) is 12.7 Å². The second kappa shape index (κ2) is 10.2. The van der Waals surface area contributed by atoms with Crippen LogP contribution < -0.4 is 25.0 Å². The standard InChI is InChI=1S/C30H30N6O3/c1-4-35(5-2)23-14-11-20(12-15-23)28-33-30-31-19(3)26(29(37)32-22-9-7-6-8-10-22)27(36(30)34-28)21-13-16-24-25(17-21)39-18-38-24/h6-17,27H,4-5,18H2,1-3H3,(H,32,37)(H,31,33,34). The SMILES string of the molecule is CCN(CC)c1ccc(-c2nc3n(n2)C(c2ccc4c(c2)OCO4)C(C(=O)Nc2ccccc2)=C(C)N3)cc1. The first kappa shape index (κ1) is 24.5. The average Bonchev–Trinajstić information content (AvgIpc) is 3.60. The van der Waals surface area contributed by atoms with Crippen LogP contribution in [0.5, 0.6) is 11.5 Å². The van der Waals surface area contributed by atoms with Crippen molar-refractivity contribution < 1.29 is 14.3 Å². The second-order valence-electron chi connectivity index (χ2n) is 9.42. The van der Waals surface area contributed by atoms with E-state index in [4.69, 9.17) is 19.6 Å². The van der Waals surface area contributed by atoms with Crippen LogP contribution in [0.3, 0.4) is 0 Å². The lowest BCUT2D eigenvalue weighted by Gasteiger charge is -2.28. The number of para-hydroxylation sites is 1. The van der Waals surface area contributed by atoms with Gasteiger partial charge < -0.3 is 25.0 Å². The molecule has 9 heteroatoms. The molecule has 2 aliphatic heterocycles. The molecule has 1 aromatic heterocycles. The van der Waals surface area contributed by atoms with E-state index in [2.05, 4.69) is 41.5 Å². The zero-order chi connectivity index (χ0) is 26.9. The van der Waals surface area contributed by atoms with E-state index in [1.807, 2.05) is 67.6 Å². The normalized spacial score (nSPS) is 15.5. The van der Waals surface area contributed by atoms with Crippen LogP contribution in [-0.4, -0.2) is 40.6 Å². The Labute approximate surface area is 227 Å². The molecule has 1 atom stereocenters. The van der Waals surface area contributed by atoms with Crippen molar-refractivity contribution >= 4 is 23.2 Å². The number of nitrogens with one attached hydrogen (secondary N) is 2. The van der Waals surface area contributed by atoms with E-state index in [0.717, 1.165) is 29.9 Å². The lowest BCUT2D eigenvalue weighted by Crippen LogP contribution is -2.31. The maximum absolute atomic E-state index is 13.7. The number of carbonyl (C=O) groups excluding carboxylic acids is 1. The van der Waals surface area contributed by atoms with Gasteiger partial charge in [-0.2, -0.15) is 4.98 Å². The maximum atomic E-state index is 13.7. The minimum Gasteiger partial charge on any atom is -0.454 e. The van der Waals surface area contributed by atoms with Crippen molar-refractivity contribution in [1.82, 2.24) is 14.8 Å². The Hall–Kier alpha value is -4.79. The molecule has 2 aliphatic rings. The third-order valence-corrected chi connectivity index (χ3v) is 7.10. The first-order valence-corrected chi connectivity index (χ1v) is 13.1. The molecule has 0 radical (unpaired) electrons. The van der Waals surface area contributed by atoms with Gasteiger partial charge in [-0.05, 0) is 74.9 Å². The molecule has 9 nitrogen and oxygen atoms in total. The Morgan fingerprint density at radius 3 is 2.51 bits per heavy atom. The summed E-state index contributed by atoms with van der Waals surface area (Å²) in [4.78, 5) is 20.8. The number of benzene rings is 3. The van der Waals surface area contributed by atoms with Gasteiger partial charge in [0.05, 0.1) is 5.57 Å². The van der Waals surface area contributed by atoms with E-state index in [-0.39, 0.29) is 12.7 Å². The summed E-state index contributed by atoms with van der Waals surface area (Å²) in [6.45, 7) is 8.22. The summed E-state index contributed by atoms with van der Waals surface area (Å²) in [5, 5.41) is 11.2. The average molecular weight is 523 g/mol. The van der Waals surface area contributed by atoms with Crippen molar-refractivity contribution in [2.45, 2.75) is 26.8 Å². The Balaban J connectivity index is 1.41. The molecule has 1 amide bonds. The predicted molar refractivity (Wildman–Crippen MR) is 151 cm³/mol. The molecule has 0 spiro atoms. The van der Waals surface area contributed by atoms with E-state index in [0.29, 0.717) is 40.2 Å². The van der Waals surface area contributed by atoms with Crippen LogP contribution in [0.25, 0.3) is 11.4 Å². The number of nitrogens with zero attached hydrogens (tertiary/aromatic N) is 4. The molecule has 4 aromatic rings. The van der Waals surface area contributed by atoms with Gasteiger partial charge in [-0.3, -0.25) is 4.79 Å². The molecule has 0 saturated carbocycles. The van der Waals surface area contributed by atoms with Crippen LogP contribution in [0.15, 0.2) is 84.1 Å². The summed E-state index contributed by atoms with van der Waals surface area (Å²) >= 11 is 0. The van der Waals surface area contributed by atoms with Crippen molar-refractivity contribution in [3.05, 3.63) is 89.6 Å². The molecule has 2 N–H and O–H groups in total. The Morgan fingerprint density at radius 2 is 1.77 bits per heavy atom. The summed E-state index contributed by atoms with van der Waals surface area (Å²) in [5.41, 5.74) is 4.85. The number of ether oxygens (including phenoxy) is 2. The van der Waals surface area contributed by atoms with E-state index >= 15 is 0 Å².